The van der Waals surface area contributed by atoms with Gasteiger partial charge in [0.1, 0.15) is 17.1 Å². The standard InChI is InChI=1S/C19H23N3O5S.C2HF3O2/c1-13-7-9-22(10-8-13)18-17(19(23)24)11-14(12-20-18)21-28(25,26)16-5-3-15(27-2)4-6-16;3-2(4,5)1(6)7/h3-6,11-13,21H,7-10H2,1-2H3,(H,23,24);(H,6,7). The maximum absolute atomic E-state index is 12.6. The quantitative estimate of drug-likeness (QED) is 0.522. The van der Waals surface area contributed by atoms with Crippen LogP contribution in [-0.2, 0) is 14.8 Å². The van der Waals surface area contributed by atoms with Crippen molar-refractivity contribution in [2.45, 2.75) is 30.8 Å². The summed E-state index contributed by atoms with van der Waals surface area (Å²) in [6, 6.07) is 7.21. The highest BCUT2D eigenvalue weighted by Crippen LogP contribution is 2.27. The van der Waals surface area contributed by atoms with Crippen molar-refractivity contribution in [3.63, 3.8) is 0 Å². The fourth-order valence-corrected chi connectivity index (χ4v) is 4.15. The number of carboxylic acids is 2. The van der Waals surface area contributed by atoms with Crippen molar-refractivity contribution in [2.75, 3.05) is 29.8 Å². The van der Waals surface area contributed by atoms with E-state index in [9.17, 15) is 31.5 Å². The van der Waals surface area contributed by atoms with E-state index in [1.165, 1.54) is 43.6 Å². The highest BCUT2D eigenvalue weighted by Gasteiger charge is 2.38. The number of benzene rings is 1. The second-order valence-electron chi connectivity index (χ2n) is 7.65. The van der Waals surface area contributed by atoms with E-state index in [4.69, 9.17) is 14.6 Å². The predicted molar refractivity (Wildman–Crippen MR) is 119 cm³/mol. The van der Waals surface area contributed by atoms with Crippen LogP contribution in [0.1, 0.15) is 30.1 Å². The molecule has 0 amide bonds. The minimum atomic E-state index is -5.08. The SMILES string of the molecule is COc1ccc(S(=O)(=O)Nc2cnc(N3CCC(C)CC3)c(C(=O)O)c2)cc1.O=C(O)C(F)(F)F. The highest BCUT2D eigenvalue weighted by molar-refractivity contribution is 7.92. The molecule has 0 atom stereocenters. The van der Waals surface area contributed by atoms with Crippen LogP contribution in [0.15, 0.2) is 41.4 Å². The summed E-state index contributed by atoms with van der Waals surface area (Å²) >= 11 is 0. The van der Waals surface area contributed by atoms with Crippen molar-refractivity contribution in [2.24, 2.45) is 5.92 Å². The minimum Gasteiger partial charge on any atom is -0.497 e. The van der Waals surface area contributed by atoms with Crippen molar-refractivity contribution >= 4 is 33.5 Å². The van der Waals surface area contributed by atoms with Crippen LogP contribution in [0, 0.1) is 5.92 Å². The lowest BCUT2D eigenvalue weighted by Crippen LogP contribution is -2.34. The number of anilines is 2. The number of aliphatic carboxylic acids is 1. The highest BCUT2D eigenvalue weighted by atomic mass is 32.2. The number of carbonyl (C=O) groups is 2. The fraction of sp³-hybridized carbons (Fsp3) is 0.381. The number of nitrogens with one attached hydrogen (secondary N) is 1. The lowest BCUT2D eigenvalue weighted by Gasteiger charge is -2.32. The molecule has 1 aliphatic heterocycles. The Balaban J connectivity index is 0.000000540. The van der Waals surface area contributed by atoms with Gasteiger partial charge in [-0.3, -0.25) is 4.72 Å². The summed E-state index contributed by atoms with van der Waals surface area (Å²) < 4.78 is 64.3. The number of alkyl halides is 3. The van der Waals surface area contributed by atoms with Crippen LogP contribution < -0.4 is 14.4 Å². The number of hydrogen-bond donors (Lipinski definition) is 3. The number of aromatic nitrogens is 1. The van der Waals surface area contributed by atoms with E-state index < -0.39 is 28.1 Å². The van der Waals surface area contributed by atoms with Gasteiger partial charge in [0.2, 0.25) is 0 Å². The van der Waals surface area contributed by atoms with Crippen molar-refractivity contribution in [3.8, 4) is 5.75 Å². The first-order valence-electron chi connectivity index (χ1n) is 10.2. The van der Waals surface area contributed by atoms with Gasteiger partial charge in [0.05, 0.1) is 23.9 Å². The van der Waals surface area contributed by atoms with Crippen LogP contribution in [0.4, 0.5) is 24.7 Å². The molecule has 0 bridgehead atoms. The molecule has 0 saturated carbocycles. The third-order valence-electron chi connectivity index (χ3n) is 5.04. The van der Waals surface area contributed by atoms with E-state index in [1.54, 1.807) is 0 Å². The van der Waals surface area contributed by atoms with Crippen LogP contribution in [0.25, 0.3) is 0 Å². The molecule has 1 fully saturated rings. The third-order valence-corrected chi connectivity index (χ3v) is 6.44. The molecular weight excluding hydrogens is 495 g/mol. The van der Waals surface area contributed by atoms with Crippen molar-refractivity contribution in [3.05, 3.63) is 42.1 Å². The monoisotopic (exact) mass is 519 g/mol. The number of rotatable bonds is 6. The van der Waals surface area contributed by atoms with E-state index in [-0.39, 0.29) is 16.1 Å². The van der Waals surface area contributed by atoms with Gasteiger partial charge in [-0.05, 0) is 49.1 Å². The summed E-state index contributed by atoms with van der Waals surface area (Å²) in [6.45, 7) is 3.62. The molecule has 0 radical (unpaired) electrons. The Kier molecular flexibility index (Phi) is 8.90. The topological polar surface area (TPSA) is 146 Å². The number of pyridine rings is 1. The van der Waals surface area contributed by atoms with E-state index in [2.05, 4.69) is 16.6 Å². The Morgan fingerprint density at radius 3 is 2.14 bits per heavy atom. The Morgan fingerprint density at radius 2 is 1.69 bits per heavy atom. The lowest BCUT2D eigenvalue weighted by molar-refractivity contribution is -0.192. The maximum Gasteiger partial charge on any atom is 0.490 e. The number of halogens is 3. The number of hydrogen-bond acceptors (Lipinski definition) is 7. The van der Waals surface area contributed by atoms with Crippen LogP contribution in [0.2, 0.25) is 0 Å². The van der Waals surface area contributed by atoms with Gasteiger partial charge in [0.25, 0.3) is 10.0 Å². The average Bonchev–Trinajstić information content (AvgIpc) is 2.79. The summed E-state index contributed by atoms with van der Waals surface area (Å²) in [5, 5.41) is 16.7. The minimum absolute atomic E-state index is 0.0236. The number of ether oxygens (including phenoxy) is 1. The molecule has 0 unspecified atom stereocenters. The molecule has 10 nitrogen and oxygen atoms in total. The Morgan fingerprint density at radius 1 is 1.14 bits per heavy atom. The van der Waals surface area contributed by atoms with Gasteiger partial charge >= 0.3 is 18.1 Å². The summed E-state index contributed by atoms with van der Waals surface area (Å²) in [4.78, 5) is 26.9. The van der Waals surface area contributed by atoms with Gasteiger partial charge < -0.3 is 19.8 Å². The molecule has 1 aromatic heterocycles. The van der Waals surface area contributed by atoms with Gasteiger partial charge in [-0.2, -0.15) is 13.2 Å². The van der Waals surface area contributed by atoms with E-state index in [1.807, 2.05) is 4.90 Å². The van der Waals surface area contributed by atoms with Crippen LogP contribution >= 0.6 is 0 Å². The second kappa shape index (κ2) is 11.3. The molecule has 35 heavy (non-hydrogen) atoms. The van der Waals surface area contributed by atoms with E-state index in [0.29, 0.717) is 17.5 Å². The molecular formula is C21H24F3N3O7S. The average molecular weight is 519 g/mol. The van der Waals surface area contributed by atoms with Crippen LogP contribution in [0.3, 0.4) is 0 Å². The van der Waals surface area contributed by atoms with Gasteiger partial charge in [0, 0.05) is 13.1 Å². The number of sulfonamides is 1. The summed E-state index contributed by atoms with van der Waals surface area (Å²) in [5.74, 6) is -2.40. The first kappa shape index (κ1) is 27.7. The van der Waals surface area contributed by atoms with E-state index >= 15 is 0 Å². The zero-order chi connectivity index (χ0) is 26.4. The number of nitrogens with zero attached hydrogens (tertiary/aromatic N) is 2. The van der Waals surface area contributed by atoms with Crippen molar-refractivity contribution < 1.29 is 46.1 Å². The van der Waals surface area contributed by atoms with E-state index in [0.717, 1.165) is 25.9 Å². The molecule has 1 saturated heterocycles. The largest absolute Gasteiger partial charge is 0.497 e. The maximum atomic E-state index is 12.6. The second-order valence-corrected chi connectivity index (χ2v) is 9.34. The lowest BCUT2D eigenvalue weighted by atomic mass is 9.99. The number of methoxy groups -OCH3 is 1. The fourth-order valence-electron chi connectivity index (χ4n) is 3.11. The van der Waals surface area contributed by atoms with Gasteiger partial charge in [-0.25, -0.2) is 23.0 Å². The molecule has 14 heteroatoms. The molecule has 0 aliphatic carbocycles. The smallest absolute Gasteiger partial charge is 0.490 e. The first-order chi connectivity index (χ1) is 16.2. The van der Waals surface area contributed by atoms with Gasteiger partial charge in [-0.15, -0.1) is 0 Å². The molecule has 3 rings (SSSR count). The Labute approximate surface area is 199 Å². The Hall–Kier alpha value is -3.55. The summed E-state index contributed by atoms with van der Waals surface area (Å²) in [5.41, 5.74) is 0.0758. The van der Waals surface area contributed by atoms with Crippen molar-refractivity contribution in [1.82, 2.24) is 4.98 Å². The van der Waals surface area contributed by atoms with Gasteiger partial charge in [0.15, 0.2) is 0 Å². The third kappa shape index (κ3) is 7.73. The molecule has 2 aromatic rings. The number of aromatic carboxylic acids is 1. The normalized spacial score (nSPS) is 14.5. The Bertz CT molecular complexity index is 1150. The van der Waals surface area contributed by atoms with Crippen LogP contribution in [-0.4, -0.2) is 61.9 Å². The molecule has 2 heterocycles. The summed E-state index contributed by atoms with van der Waals surface area (Å²) in [6.07, 6.45) is -1.81. The zero-order valence-corrected chi connectivity index (χ0v) is 19.6. The van der Waals surface area contributed by atoms with Gasteiger partial charge in [-0.1, -0.05) is 6.92 Å². The number of piperidine rings is 1. The molecule has 0 spiro atoms. The number of carboxylic acid groups (broad SMARTS) is 2. The zero-order valence-electron chi connectivity index (χ0n) is 18.7. The predicted octanol–water partition coefficient (Wildman–Crippen LogP) is 3.46. The molecule has 3 N–H and O–H groups in total. The van der Waals surface area contributed by atoms with Crippen molar-refractivity contribution in [1.29, 1.82) is 0 Å². The molecule has 192 valence electrons. The molecule has 1 aromatic carbocycles. The first-order valence-corrected chi connectivity index (χ1v) is 11.7. The summed E-state index contributed by atoms with van der Waals surface area (Å²) in [7, 11) is -2.39. The molecule has 1 aliphatic rings. The van der Waals surface area contributed by atoms with Crippen LogP contribution in [0.5, 0.6) is 5.75 Å².